The van der Waals surface area contributed by atoms with E-state index in [1.54, 1.807) is 18.2 Å². The molecule has 4 atom stereocenters. The number of hydrogen-bond acceptors (Lipinski definition) is 4. The van der Waals surface area contributed by atoms with Crippen LogP contribution in [0.1, 0.15) is 47.9 Å². The molecule has 194 valence electrons. The van der Waals surface area contributed by atoms with Crippen molar-refractivity contribution in [3.63, 3.8) is 0 Å². The summed E-state index contributed by atoms with van der Waals surface area (Å²) in [5, 5.41) is 3.86. The van der Waals surface area contributed by atoms with Crippen LogP contribution in [0.15, 0.2) is 71.3 Å². The van der Waals surface area contributed by atoms with E-state index >= 15 is 0 Å². The molecule has 8 heteroatoms. The van der Waals surface area contributed by atoms with Crippen molar-refractivity contribution in [3.05, 3.63) is 99.0 Å². The van der Waals surface area contributed by atoms with Gasteiger partial charge >= 0.3 is 0 Å². The summed E-state index contributed by atoms with van der Waals surface area (Å²) < 4.78 is 20.7. The summed E-state index contributed by atoms with van der Waals surface area (Å²) in [6, 6.07) is 18.6. The number of carbonyl (C=O) groups excluding carboxylic acids is 1. The van der Waals surface area contributed by atoms with Gasteiger partial charge in [0.2, 0.25) is 11.9 Å². The zero-order valence-corrected chi connectivity index (χ0v) is 22.8. The Morgan fingerprint density at radius 3 is 2.49 bits per heavy atom. The predicted molar refractivity (Wildman–Crippen MR) is 146 cm³/mol. The molecule has 4 unspecified atom stereocenters. The molecule has 1 aromatic heterocycles. The summed E-state index contributed by atoms with van der Waals surface area (Å²) in [5.74, 6) is -0.718. The Balaban J connectivity index is 1.42. The number of halogens is 3. The van der Waals surface area contributed by atoms with Crippen molar-refractivity contribution in [2.45, 2.75) is 37.3 Å². The van der Waals surface area contributed by atoms with Crippen molar-refractivity contribution >= 4 is 33.4 Å². The van der Waals surface area contributed by atoms with Crippen LogP contribution < -0.4 is 5.32 Å². The first-order valence-corrected chi connectivity index (χ1v) is 13.9. The molecule has 1 aliphatic heterocycles. The van der Waals surface area contributed by atoms with Gasteiger partial charge in [-0.2, -0.15) is 4.39 Å². The van der Waals surface area contributed by atoms with Gasteiger partial charge in [0.15, 0.2) is 0 Å². The highest BCUT2D eigenvalue weighted by molar-refractivity contribution is 9.10. The van der Waals surface area contributed by atoms with E-state index < -0.39 is 12.0 Å². The van der Waals surface area contributed by atoms with Crippen molar-refractivity contribution in [1.29, 1.82) is 0 Å². The van der Waals surface area contributed by atoms with Crippen LogP contribution in [-0.4, -0.2) is 48.1 Å². The third-order valence-electron chi connectivity index (χ3n) is 7.59. The minimum absolute atomic E-state index is 0.0227. The molecule has 2 aromatic carbocycles. The Morgan fingerprint density at radius 2 is 1.78 bits per heavy atom. The summed E-state index contributed by atoms with van der Waals surface area (Å²) in [6.07, 6.45) is 4.08. The first-order valence-electron chi connectivity index (χ1n) is 12.7. The normalized spacial score (nSPS) is 23.4. The van der Waals surface area contributed by atoms with Crippen LogP contribution in [-0.2, 0) is 9.53 Å². The standard InChI is InChI=1S/C29H30BrClFN3O2/c30-22-5-1-19(2-6-22)26-18-24(35-13-15-37-16-14-35)9-10-25(26)29(36)34-28(20-3-7-23(31)8-4-20)21-11-12-33-27(32)17-21/h1-8,11-12,17,24-26,28H,9-10,13-16,18H2,(H,34,36). The van der Waals surface area contributed by atoms with Gasteiger partial charge in [-0.1, -0.05) is 51.8 Å². The van der Waals surface area contributed by atoms with Crippen molar-refractivity contribution in [2.24, 2.45) is 5.92 Å². The van der Waals surface area contributed by atoms with Crippen molar-refractivity contribution < 1.29 is 13.9 Å². The van der Waals surface area contributed by atoms with E-state index in [4.69, 9.17) is 16.3 Å². The van der Waals surface area contributed by atoms with Crippen LogP contribution in [0.2, 0.25) is 5.02 Å². The number of nitrogens with one attached hydrogen (secondary N) is 1. The molecular weight excluding hydrogens is 557 g/mol. The summed E-state index contributed by atoms with van der Waals surface area (Å²) in [5.41, 5.74) is 2.65. The maximum atomic E-state index is 14.1. The number of aromatic nitrogens is 1. The molecule has 1 amide bonds. The SMILES string of the molecule is O=C(NC(c1ccc(Cl)cc1)c1ccnc(F)c1)C1CCC(N2CCOCC2)CC1c1ccc(Br)cc1. The second-order valence-corrected chi connectivity index (χ2v) is 11.1. The maximum Gasteiger partial charge on any atom is 0.224 e. The molecule has 1 aliphatic carbocycles. The lowest BCUT2D eigenvalue weighted by molar-refractivity contribution is -0.127. The molecule has 5 rings (SSSR count). The van der Waals surface area contributed by atoms with Crippen LogP contribution in [0, 0.1) is 11.9 Å². The summed E-state index contributed by atoms with van der Waals surface area (Å²) >= 11 is 9.66. The third-order valence-corrected chi connectivity index (χ3v) is 8.37. The number of pyridine rings is 1. The van der Waals surface area contributed by atoms with Gasteiger partial charge in [-0.25, -0.2) is 4.98 Å². The third kappa shape index (κ3) is 6.40. The minimum Gasteiger partial charge on any atom is -0.379 e. The molecule has 3 aromatic rings. The van der Waals surface area contributed by atoms with Gasteiger partial charge in [0.1, 0.15) is 0 Å². The summed E-state index contributed by atoms with van der Waals surface area (Å²) in [6.45, 7) is 3.38. The van der Waals surface area contributed by atoms with E-state index in [0.29, 0.717) is 16.6 Å². The smallest absolute Gasteiger partial charge is 0.224 e. The minimum atomic E-state index is -0.579. The van der Waals surface area contributed by atoms with E-state index in [1.165, 1.54) is 17.8 Å². The second-order valence-electron chi connectivity index (χ2n) is 9.78. The molecule has 2 fully saturated rings. The van der Waals surface area contributed by atoms with E-state index in [2.05, 4.69) is 43.3 Å². The molecular formula is C29H30BrClFN3O2. The largest absolute Gasteiger partial charge is 0.379 e. The van der Waals surface area contributed by atoms with Gasteiger partial charge in [-0.05, 0) is 78.3 Å². The van der Waals surface area contributed by atoms with E-state index in [0.717, 1.165) is 55.6 Å². The Kier molecular flexibility index (Phi) is 8.55. The fourth-order valence-electron chi connectivity index (χ4n) is 5.68. The molecule has 0 spiro atoms. The van der Waals surface area contributed by atoms with Gasteiger partial charge in [0, 0.05) is 40.7 Å². The monoisotopic (exact) mass is 585 g/mol. The molecule has 37 heavy (non-hydrogen) atoms. The quantitative estimate of drug-likeness (QED) is 0.353. The molecule has 0 radical (unpaired) electrons. The van der Waals surface area contributed by atoms with E-state index in [1.807, 2.05) is 24.3 Å². The van der Waals surface area contributed by atoms with Gasteiger partial charge in [-0.3, -0.25) is 9.69 Å². The zero-order valence-electron chi connectivity index (χ0n) is 20.5. The second kappa shape index (κ2) is 12.0. The number of ether oxygens (including phenoxy) is 1. The molecule has 2 heterocycles. The van der Waals surface area contributed by atoms with E-state index in [-0.39, 0.29) is 17.7 Å². The maximum absolute atomic E-state index is 14.1. The van der Waals surface area contributed by atoms with Crippen molar-refractivity contribution in [2.75, 3.05) is 26.3 Å². The molecule has 5 nitrogen and oxygen atoms in total. The Labute approximate surface area is 230 Å². The number of carbonyl (C=O) groups is 1. The zero-order chi connectivity index (χ0) is 25.8. The number of nitrogens with zero attached hydrogens (tertiary/aromatic N) is 2. The van der Waals surface area contributed by atoms with Crippen LogP contribution in [0.4, 0.5) is 4.39 Å². The average Bonchev–Trinajstić information content (AvgIpc) is 2.93. The Bertz CT molecular complexity index is 1200. The lowest BCUT2D eigenvalue weighted by atomic mass is 9.72. The van der Waals surface area contributed by atoms with Gasteiger partial charge in [0.25, 0.3) is 0 Å². The fourth-order valence-corrected chi connectivity index (χ4v) is 6.07. The number of benzene rings is 2. The number of morpholine rings is 1. The Hall–Kier alpha value is -2.32. The highest BCUT2D eigenvalue weighted by atomic mass is 79.9. The predicted octanol–water partition coefficient (Wildman–Crippen LogP) is 6.13. The number of amides is 1. The van der Waals surface area contributed by atoms with Gasteiger partial charge < -0.3 is 10.1 Å². The summed E-state index contributed by atoms with van der Waals surface area (Å²) in [7, 11) is 0. The molecule has 1 saturated heterocycles. The highest BCUT2D eigenvalue weighted by Gasteiger charge is 2.39. The average molecular weight is 587 g/mol. The first-order chi connectivity index (χ1) is 18.0. The van der Waals surface area contributed by atoms with Crippen molar-refractivity contribution in [3.8, 4) is 0 Å². The van der Waals surface area contributed by atoms with Crippen LogP contribution in [0.3, 0.4) is 0 Å². The van der Waals surface area contributed by atoms with Gasteiger partial charge in [-0.15, -0.1) is 0 Å². The Morgan fingerprint density at radius 1 is 1.05 bits per heavy atom. The lowest BCUT2D eigenvalue weighted by Crippen LogP contribution is -2.48. The van der Waals surface area contributed by atoms with Crippen LogP contribution in [0.5, 0.6) is 0 Å². The molecule has 2 aliphatic rings. The van der Waals surface area contributed by atoms with E-state index in [9.17, 15) is 9.18 Å². The summed E-state index contributed by atoms with van der Waals surface area (Å²) in [4.78, 5) is 20.2. The fraction of sp³-hybridized carbons (Fsp3) is 0.379. The number of hydrogen-bond donors (Lipinski definition) is 1. The molecule has 1 N–H and O–H groups in total. The van der Waals surface area contributed by atoms with Gasteiger partial charge in [0.05, 0.1) is 19.3 Å². The van der Waals surface area contributed by atoms with Crippen molar-refractivity contribution in [1.82, 2.24) is 15.2 Å². The molecule has 0 bridgehead atoms. The topological polar surface area (TPSA) is 54.5 Å². The lowest BCUT2D eigenvalue weighted by Gasteiger charge is -2.42. The molecule has 1 saturated carbocycles. The highest BCUT2D eigenvalue weighted by Crippen LogP contribution is 2.41. The first kappa shape index (κ1) is 26.3. The number of rotatable bonds is 6. The van der Waals surface area contributed by atoms with Crippen LogP contribution in [0.25, 0.3) is 0 Å². The van der Waals surface area contributed by atoms with Crippen LogP contribution >= 0.6 is 27.5 Å².